The lowest BCUT2D eigenvalue weighted by atomic mass is 9.93. The fraction of sp³-hybridized carbons (Fsp3) is 0.300. The van der Waals surface area contributed by atoms with Crippen LogP contribution in [0.15, 0.2) is 54.6 Å². The van der Waals surface area contributed by atoms with Crippen LogP contribution >= 0.6 is 0 Å². The Morgan fingerprint density at radius 3 is 2.41 bits per heavy atom. The second kappa shape index (κ2) is 7.49. The third kappa shape index (κ3) is 3.96. The second-order valence-electron chi connectivity index (χ2n) is 7.36. The van der Waals surface area contributed by atoms with Crippen molar-refractivity contribution in [1.82, 2.24) is 19.1 Å². The van der Waals surface area contributed by atoms with Gasteiger partial charge in [0.05, 0.1) is 12.1 Å². The van der Waals surface area contributed by atoms with Crippen LogP contribution in [0.1, 0.15) is 35.2 Å². The zero-order valence-corrected chi connectivity index (χ0v) is 17.4. The molecule has 2 atom stereocenters. The van der Waals surface area contributed by atoms with Gasteiger partial charge in [-0.05, 0) is 24.5 Å². The first-order chi connectivity index (χ1) is 13.8. The first kappa shape index (κ1) is 19.4. The summed E-state index contributed by atoms with van der Waals surface area (Å²) in [4.78, 5) is 4.41. The number of nitrogens with one attached hydrogen (secondary N) is 2. The monoisotopic (exact) mass is 412 g/mol. The number of nitrogens with zero attached hydrogens (tertiary/aromatic N) is 4. The standard InChI is InChI=1S/C20H24N6O2S/c1-14-9-11-16(12-10-14)18-13-17(15-7-5-4-6-8-15)21-20-22-19(23-26(18)20)24-29(27,28)25(2)3/h4-12,17-18H,13H2,1-3H3,(H2,21,22,23,24)/t17-,18-/m0/s1. The predicted octanol–water partition coefficient (Wildman–Crippen LogP) is 2.95. The van der Waals surface area contributed by atoms with Crippen LogP contribution in [-0.4, -0.2) is 41.6 Å². The highest BCUT2D eigenvalue weighted by atomic mass is 32.2. The molecular formula is C20H24N6O2S. The minimum absolute atomic E-state index is 0.0394. The number of hydrogen-bond donors (Lipinski definition) is 2. The van der Waals surface area contributed by atoms with Gasteiger partial charge in [-0.2, -0.15) is 17.7 Å². The molecule has 1 aromatic heterocycles. The summed E-state index contributed by atoms with van der Waals surface area (Å²) >= 11 is 0. The molecule has 0 amide bonds. The number of anilines is 2. The molecule has 0 aliphatic carbocycles. The van der Waals surface area contributed by atoms with E-state index >= 15 is 0 Å². The summed E-state index contributed by atoms with van der Waals surface area (Å²) in [6, 6.07) is 18.4. The number of aromatic nitrogens is 3. The highest BCUT2D eigenvalue weighted by Gasteiger charge is 2.31. The van der Waals surface area contributed by atoms with E-state index in [0.717, 1.165) is 21.9 Å². The molecule has 8 nitrogen and oxygen atoms in total. The summed E-state index contributed by atoms with van der Waals surface area (Å²) in [5, 5.41) is 7.85. The van der Waals surface area contributed by atoms with Crippen LogP contribution in [-0.2, 0) is 10.2 Å². The van der Waals surface area contributed by atoms with Crippen LogP contribution in [0.3, 0.4) is 0 Å². The van der Waals surface area contributed by atoms with Gasteiger partial charge in [0.2, 0.25) is 5.95 Å². The minimum Gasteiger partial charge on any atom is -0.347 e. The molecule has 0 radical (unpaired) electrons. The van der Waals surface area contributed by atoms with Gasteiger partial charge in [-0.25, -0.2) is 9.40 Å². The Morgan fingerprint density at radius 2 is 1.76 bits per heavy atom. The Bertz CT molecular complexity index is 1090. The van der Waals surface area contributed by atoms with Gasteiger partial charge in [0.15, 0.2) is 0 Å². The first-order valence-electron chi connectivity index (χ1n) is 9.38. The molecule has 2 N–H and O–H groups in total. The zero-order valence-electron chi connectivity index (χ0n) is 16.6. The average molecular weight is 413 g/mol. The van der Waals surface area contributed by atoms with E-state index in [9.17, 15) is 8.42 Å². The summed E-state index contributed by atoms with van der Waals surface area (Å²) in [6.45, 7) is 2.05. The molecule has 29 heavy (non-hydrogen) atoms. The van der Waals surface area contributed by atoms with Crippen molar-refractivity contribution in [2.45, 2.75) is 25.4 Å². The van der Waals surface area contributed by atoms with Gasteiger partial charge in [0, 0.05) is 14.1 Å². The molecule has 0 fully saturated rings. The molecule has 0 saturated carbocycles. The molecule has 0 spiro atoms. The fourth-order valence-electron chi connectivity index (χ4n) is 3.40. The normalized spacial score (nSPS) is 18.9. The smallest absolute Gasteiger partial charge is 0.303 e. The number of aryl methyl sites for hydroxylation is 1. The summed E-state index contributed by atoms with van der Waals surface area (Å²) in [6.07, 6.45) is 0.767. The Balaban J connectivity index is 1.74. The largest absolute Gasteiger partial charge is 0.347 e. The number of benzene rings is 2. The second-order valence-corrected chi connectivity index (χ2v) is 9.25. The SMILES string of the molecule is Cc1ccc([C@@H]2C[C@@H](c3ccccc3)Nc3nc(NS(=O)(=O)N(C)C)nn32)cc1. The molecule has 3 aromatic rings. The van der Waals surface area contributed by atoms with Gasteiger partial charge >= 0.3 is 10.2 Å². The van der Waals surface area contributed by atoms with Crippen molar-refractivity contribution in [3.8, 4) is 0 Å². The van der Waals surface area contributed by atoms with Crippen molar-refractivity contribution >= 4 is 22.1 Å². The molecule has 4 rings (SSSR count). The molecule has 2 aromatic carbocycles. The van der Waals surface area contributed by atoms with E-state index in [1.54, 1.807) is 4.68 Å². The van der Waals surface area contributed by atoms with Crippen LogP contribution < -0.4 is 10.0 Å². The third-order valence-electron chi connectivity index (χ3n) is 5.05. The van der Waals surface area contributed by atoms with Gasteiger partial charge in [-0.15, -0.1) is 5.10 Å². The van der Waals surface area contributed by atoms with Crippen molar-refractivity contribution in [3.63, 3.8) is 0 Å². The molecule has 0 bridgehead atoms. The van der Waals surface area contributed by atoms with Crippen molar-refractivity contribution in [2.75, 3.05) is 24.1 Å². The molecular weight excluding hydrogens is 388 g/mol. The fourth-order valence-corrected chi connectivity index (χ4v) is 3.90. The van der Waals surface area contributed by atoms with Gasteiger partial charge in [-0.3, -0.25) is 0 Å². The highest BCUT2D eigenvalue weighted by molar-refractivity contribution is 7.90. The van der Waals surface area contributed by atoms with E-state index < -0.39 is 10.2 Å². The van der Waals surface area contributed by atoms with Gasteiger partial charge in [0.1, 0.15) is 0 Å². The van der Waals surface area contributed by atoms with E-state index in [2.05, 4.69) is 56.5 Å². The topological polar surface area (TPSA) is 92.2 Å². The summed E-state index contributed by atoms with van der Waals surface area (Å²) < 4.78 is 29.7. The Labute approximate surface area is 170 Å². The van der Waals surface area contributed by atoms with E-state index in [4.69, 9.17) is 0 Å². The van der Waals surface area contributed by atoms with Crippen molar-refractivity contribution in [3.05, 3.63) is 71.3 Å². The maximum atomic E-state index is 12.2. The maximum Gasteiger partial charge on any atom is 0.303 e. The summed E-state index contributed by atoms with van der Waals surface area (Å²) in [7, 11) is -0.776. The first-order valence-corrected chi connectivity index (χ1v) is 10.8. The zero-order chi connectivity index (χ0) is 20.6. The lowest BCUT2D eigenvalue weighted by Crippen LogP contribution is -2.29. The molecule has 152 valence electrons. The number of rotatable bonds is 5. The van der Waals surface area contributed by atoms with Gasteiger partial charge in [-0.1, -0.05) is 60.2 Å². The number of fused-ring (bicyclic) bond motifs is 1. The molecule has 1 aliphatic heterocycles. The highest BCUT2D eigenvalue weighted by Crippen LogP contribution is 2.38. The van der Waals surface area contributed by atoms with Gasteiger partial charge < -0.3 is 5.32 Å². The lowest BCUT2D eigenvalue weighted by Gasteiger charge is -2.31. The average Bonchev–Trinajstić information content (AvgIpc) is 3.10. The van der Waals surface area contributed by atoms with E-state index in [0.29, 0.717) is 5.95 Å². The lowest BCUT2D eigenvalue weighted by molar-refractivity contribution is 0.431. The molecule has 9 heteroatoms. The number of hydrogen-bond acceptors (Lipinski definition) is 5. The Kier molecular flexibility index (Phi) is 5.01. The molecule has 0 unspecified atom stereocenters. The molecule has 2 heterocycles. The quantitative estimate of drug-likeness (QED) is 0.672. The predicted molar refractivity (Wildman–Crippen MR) is 113 cm³/mol. The van der Waals surface area contributed by atoms with Crippen molar-refractivity contribution in [2.24, 2.45) is 0 Å². The van der Waals surface area contributed by atoms with Gasteiger partial charge in [0.25, 0.3) is 5.95 Å². The Morgan fingerprint density at radius 1 is 1.07 bits per heavy atom. The van der Waals surface area contributed by atoms with Crippen LogP contribution in [0.2, 0.25) is 0 Å². The van der Waals surface area contributed by atoms with Crippen LogP contribution in [0.25, 0.3) is 0 Å². The summed E-state index contributed by atoms with van der Waals surface area (Å²) in [5.74, 6) is 0.583. The minimum atomic E-state index is -3.69. The molecule has 0 saturated heterocycles. The maximum absolute atomic E-state index is 12.2. The van der Waals surface area contributed by atoms with Crippen LogP contribution in [0, 0.1) is 6.92 Å². The van der Waals surface area contributed by atoms with E-state index in [1.807, 2.05) is 25.1 Å². The van der Waals surface area contributed by atoms with E-state index in [-0.39, 0.29) is 18.0 Å². The molecule has 1 aliphatic rings. The van der Waals surface area contributed by atoms with Crippen LogP contribution in [0.5, 0.6) is 0 Å². The third-order valence-corrected chi connectivity index (χ3v) is 6.46. The van der Waals surface area contributed by atoms with E-state index in [1.165, 1.54) is 19.7 Å². The summed E-state index contributed by atoms with van der Waals surface area (Å²) in [5.41, 5.74) is 3.43. The van der Waals surface area contributed by atoms with Crippen LogP contribution in [0.4, 0.5) is 11.9 Å². The van der Waals surface area contributed by atoms with Crippen molar-refractivity contribution in [1.29, 1.82) is 0 Å². The Hall–Kier alpha value is -2.91. The van der Waals surface area contributed by atoms with Crippen molar-refractivity contribution < 1.29 is 8.42 Å².